The van der Waals surface area contributed by atoms with Crippen molar-refractivity contribution in [1.29, 1.82) is 0 Å². The number of nitrogens with one attached hydrogen (secondary N) is 1. The Morgan fingerprint density at radius 1 is 1.26 bits per heavy atom. The van der Waals surface area contributed by atoms with Gasteiger partial charge in [0, 0.05) is 29.4 Å². The first-order chi connectivity index (χ1) is 11.2. The van der Waals surface area contributed by atoms with Crippen LogP contribution < -0.4 is 5.32 Å². The quantitative estimate of drug-likeness (QED) is 0.802. The summed E-state index contributed by atoms with van der Waals surface area (Å²) in [5.74, 6) is -0.121. The monoisotopic (exact) mass is 326 g/mol. The standard InChI is InChI=1S/C17H15ClN4O/c18-13-3-1-12(2-4-13)17(5-6-17)11-21-16(23)14-9-20-15-10-19-7-8-22(14)15/h1-4,7-10H,5-6,11H2,(H,21,23). The van der Waals surface area contributed by atoms with E-state index in [2.05, 4.69) is 15.3 Å². The topological polar surface area (TPSA) is 59.3 Å². The molecule has 1 aliphatic carbocycles. The molecule has 0 saturated heterocycles. The van der Waals surface area contributed by atoms with E-state index in [4.69, 9.17) is 11.6 Å². The van der Waals surface area contributed by atoms with Gasteiger partial charge in [0.05, 0.1) is 12.4 Å². The lowest BCUT2D eigenvalue weighted by atomic mass is 9.96. The first kappa shape index (κ1) is 14.2. The number of hydrogen-bond donors (Lipinski definition) is 1. The van der Waals surface area contributed by atoms with Crippen LogP contribution in [0, 0.1) is 0 Å². The second kappa shape index (κ2) is 5.35. The van der Waals surface area contributed by atoms with Gasteiger partial charge in [-0.25, -0.2) is 4.98 Å². The van der Waals surface area contributed by atoms with E-state index < -0.39 is 0 Å². The SMILES string of the molecule is O=C(NCC1(c2ccc(Cl)cc2)CC1)c1cnc2cnccn12. The van der Waals surface area contributed by atoms with Crippen LogP contribution in [-0.2, 0) is 5.41 Å². The molecule has 1 saturated carbocycles. The minimum Gasteiger partial charge on any atom is -0.350 e. The van der Waals surface area contributed by atoms with Gasteiger partial charge in [-0.3, -0.25) is 14.2 Å². The molecule has 1 fully saturated rings. The third-order valence-corrected chi connectivity index (χ3v) is 4.70. The number of amides is 1. The molecule has 6 heteroatoms. The molecule has 3 aromatic rings. The molecule has 4 rings (SSSR count). The minimum absolute atomic E-state index is 0.0439. The fourth-order valence-electron chi connectivity index (χ4n) is 2.87. The summed E-state index contributed by atoms with van der Waals surface area (Å²) in [7, 11) is 0. The van der Waals surface area contributed by atoms with Crippen molar-refractivity contribution in [3.8, 4) is 0 Å². The van der Waals surface area contributed by atoms with Gasteiger partial charge in [0.2, 0.25) is 0 Å². The Labute approximate surface area is 138 Å². The minimum atomic E-state index is -0.121. The number of carbonyl (C=O) groups excluding carboxylic acids is 1. The number of hydrogen-bond acceptors (Lipinski definition) is 3. The Hall–Kier alpha value is -2.40. The van der Waals surface area contributed by atoms with Crippen molar-refractivity contribution in [1.82, 2.24) is 19.7 Å². The van der Waals surface area contributed by atoms with E-state index in [0.717, 1.165) is 17.9 Å². The summed E-state index contributed by atoms with van der Waals surface area (Å²) in [4.78, 5) is 20.7. The lowest BCUT2D eigenvalue weighted by molar-refractivity contribution is 0.0944. The predicted octanol–water partition coefficient (Wildman–Crippen LogP) is 2.84. The van der Waals surface area contributed by atoms with Crippen molar-refractivity contribution >= 4 is 23.2 Å². The Morgan fingerprint density at radius 3 is 2.78 bits per heavy atom. The molecule has 2 heterocycles. The van der Waals surface area contributed by atoms with E-state index in [0.29, 0.717) is 17.9 Å². The number of carbonyl (C=O) groups is 1. The second-order valence-electron chi connectivity index (χ2n) is 5.92. The van der Waals surface area contributed by atoms with Crippen LogP contribution in [0.3, 0.4) is 0 Å². The first-order valence-electron chi connectivity index (χ1n) is 7.49. The maximum Gasteiger partial charge on any atom is 0.269 e. The third kappa shape index (κ3) is 2.57. The van der Waals surface area contributed by atoms with Gasteiger partial charge in [-0.15, -0.1) is 0 Å². The predicted molar refractivity (Wildman–Crippen MR) is 87.7 cm³/mol. The van der Waals surface area contributed by atoms with Gasteiger partial charge >= 0.3 is 0 Å². The van der Waals surface area contributed by atoms with Crippen LogP contribution in [0.15, 0.2) is 49.1 Å². The van der Waals surface area contributed by atoms with E-state index in [1.165, 1.54) is 5.56 Å². The second-order valence-corrected chi connectivity index (χ2v) is 6.35. The smallest absolute Gasteiger partial charge is 0.269 e. The summed E-state index contributed by atoms with van der Waals surface area (Å²) >= 11 is 5.95. The summed E-state index contributed by atoms with van der Waals surface area (Å²) < 4.78 is 1.74. The summed E-state index contributed by atoms with van der Waals surface area (Å²) in [6.45, 7) is 0.617. The largest absolute Gasteiger partial charge is 0.350 e. The maximum atomic E-state index is 12.5. The lowest BCUT2D eigenvalue weighted by Gasteiger charge is -2.16. The van der Waals surface area contributed by atoms with Crippen LogP contribution in [-0.4, -0.2) is 26.8 Å². The number of nitrogens with zero attached hydrogens (tertiary/aromatic N) is 3. The molecular weight excluding hydrogens is 312 g/mol. The van der Waals surface area contributed by atoms with E-state index >= 15 is 0 Å². The zero-order valence-electron chi connectivity index (χ0n) is 12.4. The third-order valence-electron chi connectivity index (χ3n) is 4.45. The molecule has 0 radical (unpaired) electrons. The molecule has 23 heavy (non-hydrogen) atoms. The molecule has 1 aromatic carbocycles. The van der Waals surface area contributed by atoms with Crippen molar-refractivity contribution in [3.05, 3.63) is 65.3 Å². The average molecular weight is 327 g/mol. The molecule has 1 amide bonds. The van der Waals surface area contributed by atoms with Gasteiger partial charge in [-0.2, -0.15) is 0 Å². The van der Waals surface area contributed by atoms with Crippen LogP contribution in [0.4, 0.5) is 0 Å². The Balaban J connectivity index is 1.50. The molecular formula is C17H15ClN4O. The summed E-state index contributed by atoms with van der Waals surface area (Å²) in [6, 6.07) is 7.88. The Kier molecular flexibility index (Phi) is 3.31. The fraction of sp³-hybridized carbons (Fsp3) is 0.235. The molecule has 0 unspecified atom stereocenters. The van der Waals surface area contributed by atoms with E-state index in [1.807, 2.05) is 24.3 Å². The first-order valence-corrected chi connectivity index (χ1v) is 7.87. The summed E-state index contributed by atoms with van der Waals surface area (Å²) in [6.07, 6.45) is 8.74. The van der Waals surface area contributed by atoms with Crippen molar-refractivity contribution in [2.75, 3.05) is 6.54 Å². The average Bonchev–Trinajstić information content (AvgIpc) is 3.24. The van der Waals surface area contributed by atoms with Crippen LogP contribution >= 0.6 is 11.6 Å². The highest BCUT2D eigenvalue weighted by molar-refractivity contribution is 6.30. The van der Waals surface area contributed by atoms with E-state index in [1.54, 1.807) is 29.2 Å². The van der Waals surface area contributed by atoms with Gasteiger partial charge in [0.15, 0.2) is 5.65 Å². The molecule has 1 aliphatic rings. The number of imidazole rings is 1. The molecule has 0 aliphatic heterocycles. The highest BCUT2D eigenvalue weighted by Crippen LogP contribution is 2.47. The number of halogens is 1. The highest BCUT2D eigenvalue weighted by atomic mass is 35.5. The van der Waals surface area contributed by atoms with Crippen LogP contribution in [0.5, 0.6) is 0 Å². The maximum absolute atomic E-state index is 12.5. The molecule has 0 atom stereocenters. The molecule has 116 valence electrons. The molecule has 1 N–H and O–H groups in total. The molecule has 0 spiro atoms. The Bertz CT molecular complexity index is 868. The molecule has 2 aromatic heterocycles. The van der Waals surface area contributed by atoms with Gasteiger partial charge in [-0.1, -0.05) is 23.7 Å². The van der Waals surface area contributed by atoms with Crippen LogP contribution in [0.2, 0.25) is 5.02 Å². The van der Waals surface area contributed by atoms with E-state index in [-0.39, 0.29) is 11.3 Å². The molecule has 5 nitrogen and oxygen atoms in total. The molecule has 0 bridgehead atoms. The lowest BCUT2D eigenvalue weighted by Crippen LogP contribution is -2.32. The Morgan fingerprint density at radius 2 is 2.04 bits per heavy atom. The number of benzene rings is 1. The van der Waals surface area contributed by atoms with E-state index in [9.17, 15) is 4.79 Å². The van der Waals surface area contributed by atoms with Gasteiger partial charge < -0.3 is 5.32 Å². The normalized spacial score (nSPS) is 15.5. The zero-order chi connectivity index (χ0) is 15.9. The van der Waals surface area contributed by atoms with Gasteiger partial charge in [0.1, 0.15) is 5.69 Å². The van der Waals surface area contributed by atoms with Gasteiger partial charge in [-0.05, 0) is 30.5 Å². The van der Waals surface area contributed by atoms with Crippen molar-refractivity contribution < 1.29 is 4.79 Å². The van der Waals surface area contributed by atoms with Crippen molar-refractivity contribution in [2.45, 2.75) is 18.3 Å². The summed E-state index contributed by atoms with van der Waals surface area (Å²) in [5.41, 5.74) is 2.46. The number of rotatable bonds is 4. The number of aromatic nitrogens is 3. The summed E-state index contributed by atoms with van der Waals surface area (Å²) in [5, 5.41) is 3.77. The van der Waals surface area contributed by atoms with Crippen LogP contribution in [0.1, 0.15) is 28.9 Å². The number of fused-ring (bicyclic) bond motifs is 1. The fourth-order valence-corrected chi connectivity index (χ4v) is 3.00. The highest BCUT2D eigenvalue weighted by Gasteiger charge is 2.44. The van der Waals surface area contributed by atoms with Gasteiger partial charge in [0.25, 0.3) is 5.91 Å². The van der Waals surface area contributed by atoms with Crippen molar-refractivity contribution in [2.24, 2.45) is 0 Å². The van der Waals surface area contributed by atoms with Crippen molar-refractivity contribution in [3.63, 3.8) is 0 Å². The zero-order valence-corrected chi connectivity index (χ0v) is 13.1. The van der Waals surface area contributed by atoms with Crippen LogP contribution in [0.25, 0.3) is 5.65 Å².